The quantitative estimate of drug-likeness (QED) is 0.796. The molecule has 1 amide bonds. The van der Waals surface area contributed by atoms with Gasteiger partial charge in [-0.25, -0.2) is 4.79 Å². The molecule has 0 unspecified atom stereocenters. The zero-order chi connectivity index (χ0) is 10.6. The van der Waals surface area contributed by atoms with E-state index in [0.717, 1.165) is 4.88 Å². The Kier molecular flexibility index (Phi) is 3.64. The zero-order valence-corrected chi connectivity index (χ0v) is 8.56. The molecule has 2 N–H and O–H groups in total. The molecule has 14 heavy (non-hydrogen) atoms. The van der Waals surface area contributed by atoms with Crippen LogP contribution in [-0.4, -0.2) is 17.0 Å². The molecule has 0 aliphatic heterocycles. The summed E-state index contributed by atoms with van der Waals surface area (Å²) in [5.41, 5.74) is 0. The number of amides is 1. The molecule has 0 saturated heterocycles. The molecule has 1 aromatic rings. The van der Waals surface area contributed by atoms with Gasteiger partial charge in [-0.3, -0.25) is 4.79 Å². The van der Waals surface area contributed by atoms with Crippen LogP contribution in [0.15, 0.2) is 12.1 Å². The van der Waals surface area contributed by atoms with E-state index < -0.39 is 5.97 Å². The van der Waals surface area contributed by atoms with Gasteiger partial charge in [-0.1, -0.05) is 6.92 Å². The third-order valence-corrected chi connectivity index (χ3v) is 2.73. The number of carboxylic acids is 1. The van der Waals surface area contributed by atoms with Crippen molar-refractivity contribution in [3.05, 3.63) is 21.9 Å². The Balaban J connectivity index is 2.52. The third kappa shape index (κ3) is 2.85. The number of carbonyl (C=O) groups is 2. The minimum Gasteiger partial charge on any atom is -0.477 e. The van der Waals surface area contributed by atoms with Gasteiger partial charge in [-0.15, -0.1) is 11.3 Å². The second kappa shape index (κ2) is 4.76. The van der Waals surface area contributed by atoms with Crippen molar-refractivity contribution in [2.75, 3.05) is 0 Å². The highest BCUT2D eigenvalue weighted by molar-refractivity contribution is 7.13. The molecule has 0 aliphatic carbocycles. The number of nitrogens with one attached hydrogen (secondary N) is 1. The standard InChI is InChI=1S/C9H11NO3S/c1-2-8(11)10-5-6-3-4-7(14-6)9(12)13/h3-4H,2,5H2,1H3,(H,10,11)(H,12,13). The van der Waals surface area contributed by atoms with Crippen molar-refractivity contribution in [2.24, 2.45) is 0 Å². The number of rotatable bonds is 4. The molecule has 0 atom stereocenters. The molecular weight excluding hydrogens is 202 g/mol. The number of hydrogen-bond donors (Lipinski definition) is 2. The first-order chi connectivity index (χ1) is 6.63. The molecule has 0 spiro atoms. The van der Waals surface area contributed by atoms with Gasteiger partial charge in [-0.05, 0) is 12.1 Å². The van der Waals surface area contributed by atoms with Crippen LogP contribution in [0.25, 0.3) is 0 Å². The Morgan fingerprint density at radius 1 is 1.50 bits per heavy atom. The van der Waals surface area contributed by atoms with Crippen LogP contribution in [-0.2, 0) is 11.3 Å². The summed E-state index contributed by atoms with van der Waals surface area (Å²) in [6, 6.07) is 3.25. The van der Waals surface area contributed by atoms with Gasteiger partial charge in [0, 0.05) is 11.3 Å². The summed E-state index contributed by atoms with van der Waals surface area (Å²) < 4.78 is 0. The molecule has 1 aromatic heterocycles. The minimum atomic E-state index is -0.928. The molecule has 76 valence electrons. The van der Waals surface area contributed by atoms with Crippen LogP contribution in [0.1, 0.15) is 27.9 Å². The fraction of sp³-hybridized carbons (Fsp3) is 0.333. The number of hydrogen-bond acceptors (Lipinski definition) is 3. The lowest BCUT2D eigenvalue weighted by Gasteiger charge is -1.99. The van der Waals surface area contributed by atoms with E-state index in [2.05, 4.69) is 5.32 Å². The number of thiophene rings is 1. The predicted octanol–water partition coefficient (Wildman–Crippen LogP) is 1.47. The summed E-state index contributed by atoms with van der Waals surface area (Å²) >= 11 is 1.18. The lowest BCUT2D eigenvalue weighted by atomic mass is 10.4. The van der Waals surface area contributed by atoms with Crippen LogP contribution in [0.2, 0.25) is 0 Å². The summed E-state index contributed by atoms with van der Waals surface area (Å²) in [7, 11) is 0. The van der Waals surface area contributed by atoms with Crippen molar-refractivity contribution >= 4 is 23.2 Å². The van der Waals surface area contributed by atoms with Gasteiger partial charge < -0.3 is 10.4 Å². The Labute approximate surface area is 85.6 Å². The SMILES string of the molecule is CCC(=O)NCc1ccc(C(=O)O)s1. The van der Waals surface area contributed by atoms with Gasteiger partial charge in [0.2, 0.25) is 5.91 Å². The maximum absolute atomic E-state index is 10.9. The van der Waals surface area contributed by atoms with Crippen molar-refractivity contribution in [2.45, 2.75) is 19.9 Å². The van der Waals surface area contributed by atoms with Crippen molar-refractivity contribution in [1.29, 1.82) is 0 Å². The molecule has 4 nitrogen and oxygen atoms in total. The molecule has 0 saturated carbocycles. The highest BCUT2D eigenvalue weighted by Crippen LogP contribution is 2.15. The van der Waals surface area contributed by atoms with Gasteiger partial charge >= 0.3 is 5.97 Å². The highest BCUT2D eigenvalue weighted by Gasteiger charge is 2.06. The van der Waals surface area contributed by atoms with Gasteiger partial charge in [0.25, 0.3) is 0 Å². The summed E-state index contributed by atoms with van der Waals surface area (Å²) in [6.07, 6.45) is 0.442. The molecule has 0 bridgehead atoms. The van der Waals surface area contributed by atoms with E-state index in [9.17, 15) is 9.59 Å². The van der Waals surface area contributed by atoms with Crippen molar-refractivity contribution in [3.8, 4) is 0 Å². The Morgan fingerprint density at radius 2 is 2.21 bits per heavy atom. The molecule has 1 heterocycles. The normalized spacial score (nSPS) is 9.79. The molecule has 0 aromatic carbocycles. The second-order valence-corrected chi connectivity index (χ2v) is 3.87. The molecule has 0 fully saturated rings. The predicted molar refractivity (Wildman–Crippen MR) is 53.4 cm³/mol. The lowest BCUT2D eigenvalue weighted by molar-refractivity contribution is -0.120. The second-order valence-electron chi connectivity index (χ2n) is 2.70. The molecule has 1 rings (SSSR count). The fourth-order valence-electron chi connectivity index (χ4n) is 0.899. The first-order valence-electron chi connectivity index (χ1n) is 4.22. The van der Waals surface area contributed by atoms with E-state index in [1.165, 1.54) is 11.3 Å². The van der Waals surface area contributed by atoms with Crippen LogP contribution < -0.4 is 5.32 Å². The highest BCUT2D eigenvalue weighted by atomic mass is 32.1. The van der Waals surface area contributed by atoms with Gasteiger partial charge in [0.15, 0.2) is 0 Å². The lowest BCUT2D eigenvalue weighted by Crippen LogP contribution is -2.20. The van der Waals surface area contributed by atoms with E-state index >= 15 is 0 Å². The summed E-state index contributed by atoms with van der Waals surface area (Å²) in [4.78, 5) is 22.6. The van der Waals surface area contributed by atoms with Gasteiger partial charge in [0.1, 0.15) is 4.88 Å². The summed E-state index contributed by atoms with van der Waals surface area (Å²) in [5.74, 6) is -0.960. The van der Waals surface area contributed by atoms with Crippen LogP contribution >= 0.6 is 11.3 Å². The average Bonchev–Trinajstić information content (AvgIpc) is 2.62. The molecule has 5 heteroatoms. The van der Waals surface area contributed by atoms with Crippen LogP contribution in [0, 0.1) is 0 Å². The van der Waals surface area contributed by atoms with Crippen LogP contribution in [0.3, 0.4) is 0 Å². The van der Waals surface area contributed by atoms with Crippen molar-refractivity contribution in [3.63, 3.8) is 0 Å². The molecular formula is C9H11NO3S. The topological polar surface area (TPSA) is 66.4 Å². The fourth-order valence-corrected chi connectivity index (χ4v) is 1.68. The monoisotopic (exact) mass is 213 g/mol. The number of carbonyl (C=O) groups excluding carboxylic acids is 1. The van der Waals surface area contributed by atoms with E-state index in [1.807, 2.05) is 0 Å². The van der Waals surface area contributed by atoms with Crippen LogP contribution in [0.5, 0.6) is 0 Å². The Morgan fingerprint density at radius 3 is 2.71 bits per heavy atom. The van der Waals surface area contributed by atoms with Gasteiger partial charge in [0.05, 0.1) is 6.54 Å². The maximum atomic E-state index is 10.9. The maximum Gasteiger partial charge on any atom is 0.345 e. The third-order valence-electron chi connectivity index (χ3n) is 1.65. The summed E-state index contributed by atoms with van der Waals surface area (Å²) in [6.45, 7) is 2.18. The van der Waals surface area contributed by atoms with Gasteiger partial charge in [-0.2, -0.15) is 0 Å². The Bertz CT molecular complexity index is 346. The van der Waals surface area contributed by atoms with Crippen molar-refractivity contribution < 1.29 is 14.7 Å². The average molecular weight is 213 g/mol. The number of aromatic carboxylic acids is 1. The molecule has 0 radical (unpaired) electrons. The van der Waals surface area contributed by atoms with E-state index in [-0.39, 0.29) is 5.91 Å². The Hall–Kier alpha value is -1.36. The minimum absolute atomic E-state index is 0.0322. The van der Waals surface area contributed by atoms with E-state index in [4.69, 9.17) is 5.11 Å². The first-order valence-corrected chi connectivity index (χ1v) is 5.04. The number of carboxylic acid groups (broad SMARTS) is 1. The smallest absolute Gasteiger partial charge is 0.345 e. The van der Waals surface area contributed by atoms with E-state index in [1.54, 1.807) is 19.1 Å². The molecule has 0 aliphatic rings. The van der Waals surface area contributed by atoms with Crippen molar-refractivity contribution in [1.82, 2.24) is 5.32 Å². The largest absolute Gasteiger partial charge is 0.477 e. The first kappa shape index (κ1) is 10.7. The van der Waals surface area contributed by atoms with E-state index in [0.29, 0.717) is 17.8 Å². The van der Waals surface area contributed by atoms with Crippen LogP contribution in [0.4, 0.5) is 0 Å². The summed E-state index contributed by atoms with van der Waals surface area (Å²) in [5, 5.41) is 11.3. The zero-order valence-electron chi connectivity index (χ0n) is 7.74.